The summed E-state index contributed by atoms with van der Waals surface area (Å²) < 4.78 is 0. The highest BCUT2D eigenvalue weighted by Gasteiger charge is 2.30. The van der Waals surface area contributed by atoms with E-state index in [2.05, 4.69) is 24.1 Å². The molecule has 0 radical (unpaired) electrons. The molecule has 1 fully saturated rings. The summed E-state index contributed by atoms with van der Waals surface area (Å²) in [4.78, 5) is 2.30. The Hall–Kier alpha value is -1.37. The highest BCUT2D eigenvalue weighted by molar-refractivity contribution is 5.39. The maximum atomic E-state index is 9.09. The quantitative estimate of drug-likeness (QED) is 0.813. The number of nitrogens with two attached hydrogens (primary N) is 1. The zero-order valence-electron chi connectivity index (χ0n) is 9.56. The van der Waals surface area contributed by atoms with Crippen molar-refractivity contribution in [2.45, 2.75) is 12.5 Å². The van der Waals surface area contributed by atoms with Crippen molar-refractivity contribution < 1.29 is 0 Å². The Morgan fingerprint density at radius 2 is 2.25 bits per heavy atom. The van der Waals surface area contributed by atoms with Crippen LogP contribution in [0.25, 0.3) is 0 Å². The highest BCUT2D eigenvalue weighted by atomic mass is 15.2. The first kappa shape index (κ1) is 11.1. The van der Waals surface area contributed by atoms with Gasteiger partial charge in [0, 0.05) is 12.6 Å². The number of rotatable bonds is 2. The van der Waals surface area contributed by atoms with E-state index in [-0.39, 0.29) is 0 Å². The van der Waals surface area contributed by atoms with Gasteiger partial charge in [-0.1, -0.05) is 18.2 Å². The van der Waals surface area contributed by atoms with E-state index < -0.39 is 0 Å². The molecule has 3 heteroatoms. The molecule has 2 rings (SSSR count). The summed E-state index contributed by atoms with van der Waals surface area (Å²) in [6.45, 7) is 1.76. The molecule has 0 spiro atoms. The van der Waals surface area contributed by atoms with Crippen LogP contribution in [0.1, 0.15) is 23.6 Å². The second-order valence-electron chi connectivity index (χ2n) is 4.49. The SMILES string of the molecule is CN1CC(CN)CC1c1ccccc1C#N. The zero-order chi connectivity index (χ0) is 11.5. The van der Waals surface area contributed by atoms with Crippen molar-refractivity contribution in [3.8, 4) is 6.07 Å². The number of nitriles is 1. The highest BCUT2D eigenvalue weighted by Crippen LogP contribution is 2.34. The van der Waals surface area contributed by atoms with Gasteiger partial charge in [0.05, 0.1) is 11.6 Å². The summed E-state index contributed by atoms with van der Waals surface area (Å²) in [6.07, 6.45) is 1.06. The molecule has 1 aromatic carbocycles. The molecule has 1 heterocycles. The van der Waals surface area contributed by atoms with Gasteiger partial charge in [-0.15, -0.1) is 0 Å². The molecule has 1 aliphatic rings. The van der Waals surface area contributed by atoms with Crippen LogP contribution in [0.4, 0.5) is 0 Å². The van der Waals surface area contributed by atoms with Crippen LogP contribution in [0, 0.1) is 17.2 Å². The van der Waals surface area contributed by atoms with E-state index in [1.165, 1.54) is 0 Å². The zero-order valence-corrected chi connectivity index (χ0v) is 9.56. The van der Waals surface area contributed by atoms with Gasteiger partial charge in [0.25, 0.3) is 0 Å². The number of hydrogen-bond donors (Lipinski definition) is 1. The molecular weight excluding hydrogens is 198 g/mol. The van der Waals surface area contributed by atoms with Crippen LogP contribution in [0.3, 0.4) is 0 Å². The van der Waals surface area contributed by atoms with Gasteiger partial charge >= 0.3 is 0 Å². The minimum Gasteiger partial charge on any atom is -0.330 e. The van der Waals surface area contributed by atoms with Gasteiger partial charge in [-0.25, -0.2) is 0 Å². The van der Waals surface area contributed by atoms with E-state index in [0.717, 1.165) is 30.6 Å². The van der Waals surface area contributed by atoms with Crippen LogP contribution in [0.2, 0.25) is 0 Å². The van der Waals surface area contributed by atoms with E-state index in [1.807, 2.05) is 18.2 Å². The van der Waals surface area contributed by atoms with Gasteiger partial charge in [-0.2, -0.15) is 5.26 Å². The third-order valence-electron chi connectivity index (χ3n) is 3.41. The Bertz CT molecular complexity index is 408. The first-order valence-electron chi connectivity index (χ1n) is 5.65. The third kappa shape index (κ3) is 1.95. The summed E-state index contributed by atoms with van der Waals surface area (Å²) >= 11 is 0. The van der Waals surface area contributed by atoms with Crippen molar-refractivity contribution in [1.29, 1.82) is 5.26 Å². The van der Waals surface area contributed by atoms with Crippen LogP contribution < -0.4 is 5.73 Å². The summed E-state index contributed by atoms with van der Waals surface area (Å²) in [5.41, 5.74) is 7.65. The van der Waals surface area contributed by atoms with Gasteiger partial charge in [0.15, 0.2) is 0 Å². The molecule has 3 nitrogen and oxygen atoms in total. The van der Waals surface area contributed by atoms with Gasteiger partial charge < -0.3 is 5.73 Å². The van der Waals surface area contributed by atoms with E-state index in [9.17, 15) is 0 Å². The van der Waals surface area contributed by atoms with Crippen molar-refractivity contribution in [2.24, 2.45) is 11.7 Å². The molecule has 2 N–H and O–H groups in total. The van der Waals surface area contributed by atoms with E-state index in [1.54, 1.807) is 0 Å². The Morgan fingerprint density at radius 1 is 1.50 bits per heavy atom. The number of likely N-dealkylation sites (tertiary alicyclic amines) is 1. The second-order valence-corrected chi connectivity index (χ2v) is 4.49. The Balaban J connectivity index is 2.28. The van der Waals surface area contributed by atoms with Gasteiger partial charge in [-0.3, -0.25) is 4.90 Å². The standard InChI is InChI=1S/C13H17N3/c1-16-9-10(7-14)6-13(16)12-5-3-2-4-11(12)8-15/h2-5,10,13H,6-7,9,14H2,1H3. The Labute approximate surface area is 96.5 Å². The number of benzene rings is 1. The van der Waals surface area contributed by atoms with Crippen LogP contribution in [0.5, 0.6) is 0 Å². The molecule has 0 bridgehead atoms. The van der Waals surface area contributed by atoms with E-state index in [4.69, 9.17) is 11.0 Å². The van der Waals surface area contributed by atoms with Crippen molar-refractivity contribution in [3.05, 3.63) is 35.4 Å². The van der Waals surface area contributed by atoms with Crippen LogP contribution in [-0.4, -0.2) is 25.0 Å². The van der Waals surface area contributed by atoms with Crippen molar-refractivity contribution in [3.63, 3.8) is 0 Å². The smallest absolute Gasteiger partial charge is 0.0995 e. The van der Waals surface area contributed by atoms with Crippen molar-refractivity contribution in [2.75, 3.05) is 20.1 Å². The molecule has 0 amide bonds. The van der Waals surface area contributed by atoms with Gasteiger partial charge in [0.2, 0.25) is 0 Å². The predicted molar refractivity (Wildman–Crippen MR) is 63.7 cm³/mol. The van der Waals surface area contributed by atoms with Crippen molar-refractivity contribution >= 4 is 0 Å². The predicted octanol–water partition coefficient (Wildman–Crippen LogP) is 1.51. The van der Waals surface area contributed by atoms with Crippen LogP contribution in [-0.2, 0) is 0 Å². The average molecular weight is 215 g/mol. The molecule has 16 heavy (non-hydrogen) atoms. The van der Waals surface area contributed by atoms with E-state index >= 15 is 0 Å². The van der Waals surface area contributed by atoms with Gasteiger partial charge in [0.1, 0.15) is 0 Å². The monoisotopic (exact) mass is 215 g/mol. The first-order valence-corrected chi connectivity index (χ1v) is 5.65. The average Bonchev–Trinajstić information content (AvgIpc) is 2.70. The molecule has 0 aromatic heterocycles. The summed E-state index contributed by atoms with van der Waals surface area (Å²) in [6, 6.07) is 10.5. The third-order valence-corrected chi connectivity index (χ3v) is 3.41. The van der Waals surface area contributed by atoms with Crippen molar-refractivity contribution in [1.82, 2.24) is 4.90 Å². The first-order chi connectivity index (χ1) is 7.76. The van der Waals surface area contributed by atoms with Crippen LogP contribution in [0.15, 0.2) is 24.3 Å². The fourth-order valence-corrected chi connectivity index (χ4v) is 2.53. The molecule has 1 saturated heterocycles. The van der Waals surface area contributed by atoms with Gasteiger partial charge in [-0.05, 0) is 37.6 Å². The topological polar surface area (TPSA) is 53.0 Å². The number of nitrogens with zero attached hydrogens (tertiary/aromatic N) is 2. The lowest BCUT2D eigenvalue weighted by molar-refractivity contribution is 0.313. The molecular formula is C13H17N3. The minimum absolute atomic E-state index is 0.351. The molecule has 1 aliphatic heterocycles. The normalized spacial score (nSPS) is 25.6. The van der Waals surface area contributed by atoms with Crippen LogP contribution >= 0.6 is 0 Å². The molecule has 0 saturated carbocycles. The lowest BCUT2D eigenvalue weighted by Crippen LogP contribution is -2.21. The second kappa shape index (κ2) is 4.65. The van der Waals surface area contributed by atoms with E-state index in [0.29, 0.717) is 12.0 Å². The Morgan fingerprint density at radius 3 is 2.88 bits per heavy atom. The molecule has 0 aliphatic carbocycles. The Kier molecular flexibility index (Phi) is 3.23. The summed E-state index contributed by atoms with van der Waals surface area (Å²) in [7, 11) is 2.11. The maximum Gasteiger partial charge on any atom is 0.0995 e. The largest absolute Gasteiger partial charge is 0.330 e. The summed E-state index contributed by atoms with van der Waals surface area (Å²) in [5.74, 6) is 0.557. The number of hydrogen-bond acceptors (Lipinski definition) is 3. The maximum absolute atomic E-state index is 9.09. The minimum atomic E-state index is 0.351. The molecule has 84 valence electrons. The fourth-order valence-electron chi connectivity index (χ4n) is 2.53. The fraction of sp³-hybridized carbons (Fsp3) is 0.462. The lowest BCUT2D eigenvalue weighted by atomic mass is 9.96. The molecule has 1 aromatic rings. The molecule has 2 atom stereocenters. The lowest BCUT2D eigenvalue weighted by Gasteiger charge is -2.20. The molecule has 2 unspecified atom stereocenters. The summed E-state index contributed by atoms with van der Waals surface area (Å²) in [5, 5.41) is 9.09.